The summed E-state index contributed by atoms with van der Waals surface area (Å²) < 4.78 is 41.9. The second-order valence-corrected chi connectivity index (χ2v) is 4.90. The van der Waals surface area contributed by atoms with Gasteiger partial charge in [0.1, 0.15) is 0 Å². The highest BCUT2D eigenvalue weighted by atomic mass is 19.3. The predicted molar refractivity (Wildman–Crippen MR) is 55.3 cm³/mol. The molecule has 2 rings (SSSR count). The zero-order valence-corrected chi connectivity index (χ0v) is 9.39. The second kappa shape index (κ2) is 4.96. The Hall–Kier alpha value is -0.590. The first-order chi connectivity index (χ1) is 7.98. The molecule has 3 nitrogen and oxygen atoms in total. The zero-order chi connectivity index (χ0) is 12.5. The van der Waals surface area contributed by atoms with Gasteiger partial charge in [-0.2, -0.15) is 8.78 Å². The SMILES string of the molecule is OC1(CCC(F)=C(F)F)CC2COCC(C1)N2. The highest BCUT2D eigenvalue weighted by Crippen LogP contribution is 2.33. The van der Waals surface area contributed by atoms with E-state index in [1.807, 2.05) is 0 Å². The minimum atomic E-state index is -2.29. The Morgan fingerprint density at radius 3 is 2.35 bits per heavy atom. The molecular weight excluding hydrogens is 235 g/mol. The number of nitrogens with one attached hydrogen (secondary N) is 1. The van der Waals surface area contributed by atoms with Gasteiger partial charge in [-0.1, -0.05) is 0 Å². The van der Waals surface area contributed by atoms with Crippen molar-refractivity contribution in [3.63, 3.8) is 0 Å². The van der Waals surface area contributed by atoms with Crippen LogP contribution in [0.1, 0.15) is 25.7 Å². The van der Waals surface area contributed by atoms with Crippen LogP contribution in [0.15, 0.2) is 11.9 Å². The fourth-order valence-corrected chi connectivity index (χ4v) is 2.66. The molecule has 0 saturated carbocycles. The molecule has 2 bridgehead atoms. The molecule has 0 aromatic heterocycles. The summed E-state index contributed by atoms with van der Waals surface area (Å²) in [6.45, 7) is 1.02. The molecule has 2 aliphatic rings. The molecule has 2 atom stereocenters. The van der Waals surface area contributed by atoms with Gasteiger partial charge in [-0.15, -0.1) is 0 Å². The topological polar surface area (TPSA) is 41.5 Å². The van der Waals surface area contributed by atoms with Gasteiger partial charge in [0.25, 0.3) is 0 Å². The van der Waals surface area contributed by atoms with E-state index in [0.717, 1.165) is 0 Å². The van der Waals surface area contributed by atoms with Crippen molar-refractivity contribution in [3.05, 3.63) is 11.9 Å². The molecule has 2 heterocycles. The van der Waals surface area contributed by atoms with Gasteiger partial charge in [-0.25, -0.2) is 4.39 Å². The monoisotopic (exact) mass is 251 g/mol. The minimum Gasteiger partial charge on any atom is -0.390 e. The Balaban J connectivity index is 1.93. The van der Waals surface area contributed by atoms with E-state index in [1.54, 1.807) is 0 Å². The molecule has 0 aromatic carbocycles. The van der Waals surface area contributed by atoms with E-state index in [0.29, 0.717) is 26.1 Å². The smallest absolute Gasteiger partial charge is 0.301 e. The third-order valence-electron chi connectivity index (χ3n) is 3.38. The van der Waals surface area contributed by atoms with E-state index < -0.39 is 23.9 Å². The Morgan fingerprint density at radius 1 is 1.24 bits per heavy atom. The molecule has 0 amide bonds. The molecule has 2 N–H and O–H groups in total. The number of aliphatic hydroxyl groups is 1. The van der Waals surface area contributed by atoms with E-state index in [4.69, 9.17) is 4.74 Å². The summed E-state index contributed by atoms with van der Waals surface area (Å²) in [6, 6.07) is 0.0736. The van der Waals surface area contributed by atoms with E-state index in [1.165, 1.54) is 0 Å². The van der Waals surface area contributed by atoms with Crippen LogP contribution in [-0.2, 0) is 4.74 Å². The van der Waals surface area contributed by atoms with Gasteiger partial charge in [0.2, 0.25) is 0 Å². The highest BCUT2D eigenvalue weighted by Gasteiger charge is 2.41. The first-order valence-electron chi connectivity index (χ1n) is 5.74. The van der Waals surface area contributed by atoms with Crippen molar-refractivity contribution in [1.29, 1.82) is 0 Å². The maximum absolute atomic E-state index is 12.7. The average molecular weight is 251 g/mol. The van der Waals surface area contributed by atoms with Gasteiger partial charge in [0, 0.05) is 18.5 Å². The fourth-order valence-electron chi connectivity index (χ4n) is 2.66. The Kier molecular flexibility index (Phi) is 3.75. The molecule has 2 unspecified atom stereocenters. The molecule has 17 heavy (non-hydrogen) atoms. The van der Waals surface area contributed by atoms with Crippen LogP contribution in [0, 0.1) is 0 Å². The van der Waals surface area contributed by atoms with Crippen LogP contribution in [0.2, 0.25) is 0 Å². The fraction of sp³-hybridized carbons (Fsp3) is 0.818. The molecule has 0 spiro atoms. The van der Waals surface area contributed by atoms with Crippen molar-refractivity contribution in [2.75, 3.05) is 13.2 Å². The van der Waals surface area contributed by atoms with Gasteiger partial charge in [-0.05, 0) is 19.3 Å². The number of hydrogen-bond donors (Lipinski definition) is 2. The second-order valence-electron chi connectivity index (χ2n) is 4.90. The van der Waals surface area contributed by atoms with Crippen molar-refractivity contribution in [2.24, 2.45) is 0 Å². The zero-order valence-electron chi connectivity index (χ0n) is 9.39. The summed E-state index contributed by atoms with van der Waals surface area (Å²) in [5.41, 5.74) is -1.06. The first-order valence-corrected chi connectivity index (χ1v) is 5.74. The van der Waals surface area contributed by atoms with Gasteiger partial charge in [-0.3, -0.25) is 0 Å². The minimum absolute atomic E-state index is 0.0326. The summed E-state index contributed by atoms with van der Waals surface area (Å²) >= 11 is 0. The molecule has 0 radical (unpaired) electrons. The van der Waals surface area contributed by atoms with Gasteiger partial charge < -0.3 is 15.2 Å². The normalized spacial score (nSPS) is 36.7. The number of fused-ring (bicyclic) bond motifs is 2. The van der Waals surface area contributed by atoms with Gasteiger partial charge in [0.15, 0.2) is 5.83 Å². The average Bonchev–Trinajstić information content (AvgIpc) is 2.25. The largest absolute Gasteiger partial charge is 0.390 e. The van der Waals surface area contributed by atoms with Crippen LogP contribution in [0.3, 0.4) is 0 Å². The number of hydrogen-bond acceptors (Lipinski definition) is 3. The lowest BCUT2D eigenvalue weighted by Crippen LogP contribution is -2.59. The highest BCUT2D eigenvalue weighted by molar-refractivity contribution is 5.00. The molecule has 2 aliphatic heterocycles. The number of halogens is 3. The number of allylic oxidation sites excluding steroid dienone is 1. The van der Waals surface area contributed by atoms with Crippen molar-refractivity contribution in [2.45, 2.75) is 43.4 Å². The predicted octanol–water partition coefficient (Wildman–Crippen LogP) is 1.73. The van der Waals surface area contributed by atoms with Crippen molar-refractivity contribution in [3.8, 4) is 0 Å². The quantitative estimate of drug-likeness (QED) is 0.802. The molecule has 0 aromatic rings. The lowest BCUT2D eigenvalue weighted by molar-refractivity contribution is -0.0802. The van der Waals surface area contributed by atoms with Crippen LogP contribution in [0.25, 0.3) is 0 Å². The Labute approximate surface area is 97.6 Å². The van der Waals surface area contributed by atoms with Crippen LogP contribution in [-0.4, -0.2) is 36.0 Å². The molecule has 2 saturated heterocycles. The van der Waals surface area contributed by atoms with E-state index >= 15 is 0 Å². The molecular formula is C11H16F3NO2. The van der Waals surface area contributed by atoms with Crippen LogP contribution in [0.5, 0.6) is 0 Å². The number of morpholine rings is 1. The van der Waals surface area contributed by atoms with Crippen LogP contribution >= 0.6 is 0 Å². The van der Waals surface area contributed by atoms with E-state index in [-0.39, 0.29) is 18.5 Å². The van der Waals surface area contributed by atoms with Crippen molar-refractivity contribution < 1.29 is 23.0 Å². The van der Waals surface area contributed by atoms with Crippen LogP contribution < -0.4 is 5.32 Å². The third-order valence-corrected chi connectivity index (χ3v) is 3.38. The Morgan fingerprint density at radius 2 is 1.82 bits per heavy atom. The summed E-state index contributed by atoms with van der Waals surface area (Å²) in [7, 11) is 0. The molecule has 98 valence electrons. The lowest BCUT2D eigenvalue weighted by atomic mass is 9.80. The number of piperidine rings is 1. The number of ether oxygens (including phenoxy) is 1. The first kappa shape index (κ1) is 12.9. The van der Waals surface area contributed by atoms with Crippen molar-refractivity contribution >= 4 is 0 Å². The van der Waals surface area contributed by atoms with Crippen molar-refractivity contribution in [1.82, 2.24) is 5.32 Å². The van der Waals surface area contributed by atoms with E-state index in [2.05, 4.69) is 5.32 Å². The summed E-state index contributed by atoms with van der Waals surface area (Å²) in [6.07, 6.45) is -1.81. The molecule has 0 aliphatic carbocycles. The Bertz CT molecular complexity index is 306. The summed E-state index contributed by atoms with van der Waals surface area (Å²) in [5, 5.41) is 13.6. The number of rotatable bonds is 3. The molecule has 6 heteroatoms. The third kappa shape index (κ3) is 3.20. The maximum atomic E-state index is 12.7. The lowest BCUT2D eigenvalue weighted by Gasteiger charge is -2.45. The maximum Gasteiger partial charge on any atom is 0.301 e. The van der Waals surface area contributed by atoms with Crippen LogP contribution in [0.4, 0.5) is 13.2 Å². The molecule has 2 fully saturated rings. The standard InChI is InChI=1S/C11H16F3NO2/c12-9(10(13)14)1-2-11(16)3-7-5-17-6-8(4-11)15-7/h7-8,15-16H,1-6H2. The van der Waals surface area contributed by atoms with E-state index in [9.17, 15) is 18.3 Å². The van der Waals surface area contributed by atoms with Gasteiger partial charge >= 0.3 is 6.08 Å². The summed E-state index contributed by atoms with van der Waals surface area (Å²) in [5.74, 6) is -1.42. The summed E-state index contributed by atoms with van der Waals surface area (Å²) in [4.78, 5) is 0. The van der Waals surface area contributed by atoms with Gasteiger partial charge in [0.05, 0.1) is 18.8 Å².